The molecule has 6 heteroatoms. The van der Waals surface area contributed by atoms with E-state index in [1.165, 1.54) is 0 Å². The van der Waals surface area contributed by atoms with E-state index in [2.05, 4.69) is 5.32 Å². The minimum absolute atomic E-state index is 0.113. The van der Waals surface area contributed by atoms with Crippen molar-refractivity contribution in [2.75, 3.05) is 23.8 Å². The van der Waals surface area contributed by atoms with Crippen molar-refractivity contribution < 1.29 is 14.3 Å². The summed E-state index contributed by atoms with van der Waals surface area (Å²) in [6, 6.07) is 13.6. The van der Waals surface area contributed by atoms with E-state index in [9.17, 15) is 9.59 Å². The normalized spacial score (nSPS) is 19.6. The van der Waals surface area contributed by atoms with E-state index in [1.807, 2.05) is 56.3 Å². The second-order valence-electron chi connectivity index (χ2n) is 9.61. The SMILES string of the molecule is Cc1cc(Cl)cc(C)c1NC(=O)C1([PH]2(CC(=O)OCc3ccccc3)CCCC2)CCC1. The molecule has 2 fully saturated rings. The van der Waals surface area contributed by atoms with Gasteiger partial charge >= 0.3 is 196 Å². The Kier molecular flexibility index (Phi) is 6.93. The molecule has 0 bridgehead atoms. The van der Waals surface area contributed by atoms with Gasteiger partial charge in [0.15, 0.2) is 0 Å². The Balaban J connectivity index is 1.53. The van der Waals surface area contributed by atoms with Crippen molar-refractivity contribution in [3.05, 3.63) is 64.2 Å². The van der Waals surface area contributed by atoms with E-state index >= 15 is 0 Å². The molecule has 1 N–H and O–H groups in total. The fourth-order valence-electron chi connectivity index (χ4n) is 5.81. The Bertz CT molecular complexity index is 974. The maximum absolute atomic E-state index is 13.8. The molecule has 1 amide bonds. The predicted octanol–water partition coefficient (Wildman–Crippen LogP) is 6.11. The molecule has 1 saturated heterocycles. The first-order chi connectivity index (χ1) is 15.4. The van der Waals surface area contributed by atoms with Gasteiger partial charge in [-0.1, -0.05) is 0 Å². The van der Waals surface area contributed by atoms with Crippen molar-refractivity contribution in [3.63, 3.8) is 0 Å². The number of aryl methyl sites for hydroxylation is 2. The average molecular weight is 474 g/mol. The van der Waals surface area contributed by atoms with Crippen LogP contribution in [0.5, 0.6) is 0 Å². The van der Waals surface area contributed by atoms with Crippen LogP contribution in [0.1, 0.15) is 48.8 Å². The number of benzene rings is 2. The number of halogens is 1. The van der Waals surface area contributed by atoms with Gasteiger partial charge in [0.2, 0.25) is 0 Å². The van der Waals surface area contributed by atoms with Crippen molar-refractivity contribution in [1.29, 1.82) is 0 Å². The van der Waals surface area contributed by atoms with Crippen LogP contribution in [-0.4, -0.2) is 35.5 Å². The van der Waals surface area contributed by atoms with Gasteiger partial charge in [-0.05, 0) is 0 Å². The number of anilines is 1. The zero-order chi connectivity index (χ0) is 22.8. The number of hydrogen-bond donors (Lipinski definition) is 1. The standard InChI is InChI=1S/C26H33ClNO3P/c1-19-15-22(27)16-20(2)24(19)28-25(30)26(11-8-12-26)32(13-6-7-14-32)18-23(29)31-17-21-9-4-3-5-10-21/h3-5,9-10,15-16,32H,6-8,11-14,17-18H2,1-2H3,(H,28,30). The third kappa shape index (κ3) is 4.45. The Labute approximate surface area is 196 Å². The summed E-state index contributed by atoms with van der Waals surface area (Å²) in [6.07, 6.45) is 7.61. The summed E-state index contributed by atoms with van der Waals surface area (Å²) in [6.45, 7) is 4.25. The topological polar surface area (TPSA) is 55.4 Å². The molecule has 172 valence electrons. The van der Waals surface area contributed by atoms with Crippen LogP contribution in [0.2, 0.25) is 5.02 Å². The molecule has 2 aromatic carbocycles. The molecule has 1 heterocycles. The van der Waals surface area contributed by atoms with Gasteiger partial charge < -0.3 is 0 Å². The summed E-state index contributed by atoms with van der Waals surface area (Å²) in [5.41, 5.74) is 3.80. The number of amides is 1. The van der Waals surface area contributed by atoms with Crippen LogP contribution in [0.25, 0.3) is 0 Å². The van der Waals surface area contributed by atoms with Gasteiger partial charge in [-0.15, -0.1) is 0 Å². The van der Waals surface area contributed by atoms with E-state index in [0.717, 1.165) is 66.8 Å². The summed E-state index contributed by atoms with van der Waals surface area (Å²) in [7, 11) is -2.18. The van der Waals surface area contributed by atoms with Crippen LogP contribution in [0.4, 0.5) is 5.69 Å². The Morgan fingerprint density at radius 3 is 2.22 bits per heavy atom. The molecule has 0 atom stereocenters. The Morgan fingerprint density at radius 1 is 1.03 bits per heavy atom. The molecule has 1 aliphatic heterocycles. The summed E-state index contributed by atoms with van der Waals surface area (Å²) >= 11 is 6.19. The summed E-state index contributed by atoms with van der Waals surface area (Å²) in [5.74, 6) is -0.0259. The first-order valence-electron chi connectivity index (χ1n) is 11.6. The third-order valence-corrected chi connectivity index (χ3v) is 14.2. The summed E-state index contributed by atoms with van der Waals surface area (Å²) in [5, 5.41) is 3.58. The molecule has 1 saturated carbocycles. The molecule has 4 rings (SSSR count). The zero-order valence-electron chi connectivity index (χ0n) is 19.0. The molecule has 4 nitrogen and oxygen atoms in total. The van der Waals surface area contributed by atoms with E-state index in [1.54, 1.807) is 0 Å². The number of nitrogens with one attached hydrogen (secondary N) is 1. The first-order valence-corrected chi connectivity index (χ1v) is 14.6. The maximum atomic E-state index is 13.8. The zero-order valence-corrected chi connectivity index (χ0v) is 20.8. The summed E-state index contributed by atoms with van der Waals surface area (Å²) in [4.78, 5) is 26.8. The van der Waals surface area contributed by atoms with Crippen molar-refractivity contribution in [2.45, 2.75) is 57.7 Å². The molecule has 0 unspecified atom stereocenters. The number of carbonyl (C=O) groups is 2. The van der Waals surface area contributed by atoms with Gasteiger partial charge in [-0.2, -0.15) is 0 Å². The second kappa shape index (κ2) is 9.53. The van der Waals surface area contributed by atoms with E-state index in [4.69, 9.17) is 16.3 Å². The molecule has 0 aromatic heterocycles. The van der Waals surface area contributed by atoms with Crippen LogP contribution >= 0.6 is 18.9 Å². The average Bonchev–Trinajstić information content (AvgIpc) is 3.18. The van der Waals surface area contributed by atoms with Crippen molar-refractivity contribution in [1.82, 2.24) is 0 Å². The van der Waals surface area contributed by atoms with Crippen molar-refractivity contribution in [3.8, 4) is 0 Å². The van der Waals surface area contributed by atoms with Crippen LogP contribution in [0, 0.1) is 13.8 Å². The van der Waals surface area contributed by atoms with E-state index in [0.29, 0.717) is 17.8 Å². The molecule has 2 aliphatic rings. The first kappa shape index (κ1) is 23.3. The number of esters is 1. The number of ether oxygens (including phenoxy) is 1. The van der Waals surface area contributed by atoms with Gasteiger partial charge in [-0.3, -0.25) is 0 Å². The van der Waals surface area contributed by atoms with E-state index in [-0.39, 0.29) is 17.0 Å². The van der Waals surface area contributed by atoms with Gasteiger partial charge in [0.1, 0.15) is 0 Å². The van der Waals surface area contributed by atoms with Gasteiger partial charge in [-0.25, -0.2) is 0 Å². The Morgan fingerprint density at radius 2 is 1.66 bits per heavy atom. The monoisotopic (exact) mass is 473 g/mol. The van der Waals surface area contributed by atoms with Gasteiger partial charge in [0.25, 0.3) is 0 Å². The van der Waals surface area contributed by atoms with Crippen molar-refractivity contribution >= 4 is 36.4 Å². The van der Waals surface area contributed by atoms with Crippen LogP contribution in [0.15, 0.2) is 42.5 Å². The third-order valence-electron chi connectivity index (χ3n) is 7.68. The van der Waals surface area contributed by atoms with Gasteiger partial charge in [0, 0.05) is 0 Å². The predicted molar refractivity (Wildman–Crippen MR) is 135 cm³/mol. The van der Waals surface area contributed by atoms with Crippen LogP contribution in [-0.2, 0) is 20.9 Å². The fourth-order valence-corrected chi connectivity index (χ4v) is 12.5. The fraction of sp³-hybridized carbons (Fsp3) is 0.462. The molecular formula is C26H33ClNO3P. The molecule has 2 aromatic rings. The number of hydrogen-bond acceptors (Lipinski definition) is 3. The van der Waals surface area contributed by atoms with Crippen LogP contribution < -0.4 is 5.32 Å². The molecular weight excluding hydrogens is 441 g/mol. The number of carbonyl (C=O) groups excluding carboxylic acids is 2. The number of rotatable bonds is 7. The minimum atomic E-state index is -2.18. The summed E-state index contributed by atoms with van der Waals surface area (Å²) < 4.78 is 5.68. The van der Waals surface area contributed by atoms with Crippen molar-refractivity contribution in [2.24, 2.45) is 0 Å². The van der Waals surface area contributed by atoms with Gasteiger partial charge in [0.05, 0.1) is 0 Å². The van der Waals surface area contributed by atoms with Crippen LogP contribution in [0.3, 0.4) is 0 Å². The molecule has 0 spiro atoms. The quantitative estimate of drug-likeness (QED) is 0.390. The Hall–Kier alpha value is -1.90. The molecule has 32 heavy (non-hydrogen) atoms. The molecule has 0 radical (unpaired) electrons. The second-order valence-corrected chi connectivity index (χ2v) is 14.9. The van der Waals surface area contributed by atoms with E-state index < -0.39 is 7.26 Å². The molecule has 1 aliphatic carbocycles.